The fourth-order valence-electron chi connectivity index (χ4n) is 1.93. The second-order valence-electron chi connectivity index (χ2n) is 4.90. The van der Waals surface area contributed by atoms with Gasteiger partial charge in [0.25, 0.3) is 0 Å². The van der Waals surface area contributed by atoms with Crippen molar-refractivity contribution in [2.24, 2.45) is 0 Å². The van der Waals surface area contributed by atoms with Crippen LogP contribution in [0.1, 0.15) is 24.5 Å². The Morgan fingerprint density at radius 2 is 1.81 bits per heavy atom. The number of nitrogens with one attached hydrogen (secondary N) is 1. The summed E-state index contributed by atoms with van der Waals surface area (Å²) < 4.78 is 5.71. The van der Waals surface area contributed by atoms with E-state index in [1.807, 2.05) is 30.3 Å². The van der Waals surface area contributed by atoms with Crippen molar-refractivity contribution in [3.05, 3.63) is 58.6 Å². The SMILES string of the molecule is CCCNCc1ccc(OCc2ccc(O)cc2)c(Cl)c1. The van der Waals surface area contributed by atoms with Crippen LogP contribution in [0, 0.1) is 0 Å². The summed E-state index contributed by atoms with van der Waals surface area (Å²) >= 11 is 6.24. The molecule has 21 heavy (non-hydrogen) atoms. The number of ether oxygens (including phenoxy) is 1. The quantitative estimate of drug-likeness (QED) is 0.756. The highest BCUT2D eigenvalue weighted by molar-refractivity contribution is 6.32. The molecule has 4 heteroatoms. The molecule has 0 aliphatic carbocycles. The summed E-state index contributed by atoms with van der Waals surface area (Å²) in [4.78, 5) is 0. The van der Waals surface area contributed by atoms with Gasteiger partial charge in [-0.15, -0.1) is 0 Å². The molecule has 0 fully saturated rings. The summed E-state index contributed by atoms with van der Waals surface area (Å²) in [5.74, 6) is 0.921. The monoisotopic (exact) mass is 305 g/mol. The van der Waals surface area contributed by atoms with Gasteiger partial charge < -0.3 is 15.2 Å². The van der Waals surface area contributed by atoms with Gasteiger partial charge in [-0.3, -0.25) is 0 Å². The maximum Gasteiger partial charge on any atom is 0.138 e. The van der Waals surface area contributed by atoms with Gasteiger partial charge in [-0.2, -0.15) is 0 Å². The predicted molar refractivity (Wildman–Crippen MR) is 85.9 cm³/mol. The molecule has 2 aromatic carbocycles. The largest absolute Gasteiger partial charge is 0.508 e. The zero-order valence-electron chi connectivity index (χ0n) is 12.1. The van der Waals surface area contributed by atoms with E-state index in [9.17, 15) is 5.11 Å². The van der Waals surface area contributed by atoms with Gasteiger partial charge in [0, 0.05) is 6.54 Å². The van der Waals surface area contributed by atoms with E-state index in [0.717, 1.165) is 30.6 Å². The van der Waals surface area contributed by atoms with E-state index >= 15 is 0 Å². The summed E-state index contributed by atoms with van der Waals surface area (Å²) in [5, 5.41) is 13.2. The van der Waals surface area contributed by atoms with E-state index in [0.29, 0.717) is 17.4 Å². The molecule has 0 bridgehead atoms. The molecular weight excluding hydrogens is 286 g/mol. The van der Waals surface area contributed by atoms with Crippen molar-refractivity contribution in [2.45, 2.75) is 26.5 Å². The fraction of sp³-hybridized carbons (Fsp3) is 0.294. The third-order valence-corrected chi connectivity index (χ3v) is 3.38. The molecule has 2 N–H and O–H groups in total. The Hall–Kier alpha value is -1.71. The number of phenols is 1. The minimum absolute atomic E-state index is 0.251. The highest BCUT2D eigenvalue weighted by atomic mass is 35.5. The van der Waals surface area contributed by atoms with Crippen LogP contribution in [-0.4, -0.2) is 11.7 Å². The van der Waals surface area contributed by atoms with Crippen LogP contribution in [0.2, 0.25) is 5.02 Å². The summed E-state index contributed by atoms with van der Waals surface area (Å²) in [6.45, 7) is 4.37. The van der Waals surface area contributed by atoms with Crippen molar-refractivity contribution in [2.75, 3.05) is 6.54 Å². The van der Waals surface area contributed by atoms with Crippen molar-refractivity contribution in [3.8, 4) is 11.5 Å². The van der Waals surface area contributed by atoms with Gasteiger partial charge in [0.2, 0.25) is 0 Å². The van der Waals surface area contributed by atoms with Gasteiger partial charge in [-0.25, -0.2) is 0 Å². The maximum atomic E-state index is 9.24. The lowest BCUT2D eigenvalue weighted by atomic mass is 10.2. The standard InChI is InChI=1S/C17H20ClNO2/c1-2-9-19-11-14-5-8-17(16(18)10-14)21-12-13-3-6-15(20)7-4-13/h3-8,10,19-20H,2,9,11-12H2,1H3. The Kier molecular flexibility index (Phi) is 5.90. The molecule has 0 aliphatic rings. The molecule has 0 unspecified atom stereocenters. The Labute approximate surface area is 130 Å². The molecule has 112 valence electrons. The summed E-state index contributed by atoms with van der Waals surface area (Å²) in [6.07, 6.45) is 1.11. The number of hydrogen-bond donors (Lipinski definition) is 2. The highest BCUT2D eigenvalue weighted by Crippen LogP contribution is 2.26. The van der Waals surface area contributed by atoms with Gasteiger partial charge in [0.05, 0.1) is 5.02 Å². The number of benzene rings is 2. The van der Waals surface area contributed by atoms with Gasteiger partial charge >= 0.3 is 0 Å². The van der Waals surface area contributed by atoms with Crippen LogP contribution in [0.4, 0.5) is 0 Å². The first-order valence-electron chi connectivity index (χ1n) is 7.09. The molecule has 0 spiro atoms. The van der Waals surface area contributed by atoms with Crippen molar-refractivity contribution in [1.29, 1.82) is 0 Å². The Morgan fingerprint density at radius 3 is 2.48 bits per heavy atom. The lowest BCUT2D eigenvalue weighted by Crippen LogP contribution is -2.13. The normalized spacial score (nSPS) is 10.6. The van der Waals surface area contributed by atoms with E-state index in [2.05, 4.69) is 12.2 Å². The first-order valence-corrected chi connectivity index (χ1v) is 7.46. The lowest BCUT2D eigenvalue weighted by molar-refractivity contribution is 0.306. The molecule has 0 aliphatic heterocycles. The minimum Gasteiger partial charge on any atom is -0.508 e. The number of halogens is 1. The molecule has 0 amide bonds. The van der Waals surface area contributed by atoms with Crippen LogP contribution in [-0.2, 0) is 13.2 Å². The number of rotatable bonds is 7. The van der Waals surface area contributed by atoms with Crippen LogP contribution in [0.25, 0.3) is 0 Å². The van der Waals surface area contributed by atoms with E-state index in [-0.39, 0.29) is 5.75 Å². The zero-order chi connectivity index (χ0) is 15.1. The average Bonchev–Trinajstić information content (AvgIpc) is 2.48. The van der Waals surface area contributed by atoms with Crippen LogP contribution in [0.3, 0.4) is 0 Å². The van der Waals surface area contributed by atoms with Crippen LogP contribution < -0.4 is 10.1 Å². The third kappa shape index (κ3) is 4.96. The van der Waals surface area contributed by atoms with Crippen LogP contribution >= 0.6 is 11.6 Å². The average molecular weight is 306 g/mol. The van der Waals surface area contributed by atoms with Gasteiger partial charge in [0.15, 0.2) is 0 Å². The molecule has 3 nitrogen and oxygen atoms in total. The zero-order valence-corrected chi connectivity index (χ0v) is 12.9. The van der Waals surface area contributed by atoms with E-state index in [4.69, 9.17) is 16.3 Å². The Bertz CT molecular complexity index is 570. The Balaban J connectivity index is 1.92. The minimum atomic E-state index is 0.251. The molecule has 0 atom stereocenters. The number of phenolic OH excluding ortho intramolecular Hbond substituents is 1. The van der Waals surface area contributed by atoms with E-state index in [1.54, 1.807) is 12.1 Å². The second kappa shape index (κ2) is 7.91. The van der Waals surface area contributed by atoms with Crippen molar-refractivity contribution < 1.29 is 9.84 Å². The third-order valence-electron chi connectivity index (χ3n) is 3.08. The maximum absolute atomic E-state index is 9.24. The summed E-state index contributed by atoms with van der Waals surface area (Å²) in [7, 11) is 0. The molecule has 2 rings (SSSR count). The molecule has 0 heterocycles. The van der Waals surface area contributed by atoms with E-state index in [1.165, 1.54) is 0 Å². The second-order valence-corrected chi connectivity index (χ2v) is 5.30. The smallest absolute Gasteiger partial charge is 0.138 e. The lowest BCUT2D eigenvalue weighted by Gasteiger charge is -2.10. The van der Waals surface area contributed by atoms with Gasteiger partial charge in [-0.05, 0) is 48.4 Å². The van der Waals surface area contributed by atoms with Crippen molar-refractivity contribution >= 4 is 11.6 Å². The van der Waals surface area contributed by atoms with E-state index < -0.39 is 0 Å². The van der Waals surface area contributed by atoms with Gasteiger partial charge in [0.1, 0.15) is 18.1 Å². The molecule has 0 aromatic heterocycles. The first kappa shape index (κ1) is 15.7. The van der Waals surface area contributed by atoms with Crippen molar-refractivity contribution in [1.82, 2.24) is 5.32 Å². The molecule has 2 aromatic rings. The number of hydrogen-bond acceptors (Lipinski definition) is 3. The molecular formula is C17H20ClNO2. The highest BCUT2D eigenvalue weighted by Gasteiger charge is 2.04. The van der Waals surface area contributed by atoms with Crippen LogP contribution in [0.15, 0.2) is 42.5 Å². The van der Waals surface area contributed by atoms with Crippen LogP contribution in [0.5, 0.6) is 11.5 Å². The molecule has 0 saturated heterocycles. The summed E-state index contributed by atoms with van der Waals surface area (Å²) in [5.41, 5.74) is 2.13. The Morgan fingerprint density at radius 1 is 1.10 bits per heavy atom. The topological polar surface area (TPSA) is 41.5 Å². The van der Waals surface area contributed by atoms with Crippen molar-refractivity contribution in [3.63, 3.8) is 0 Å². The summed E-state index contributed by atoms with van der Waals surface area (Å²) in [6, 6.07) is 12.8. The molecule has 0 saturated carbocycles. The predicted octanol–water partition coefficient (Wildman–Crippen LogP) is 4.12. The van der Waals surface area contributed by atoms with Gasteiger partial charge in [-0.1, -0.05) is 36.7 Å². The first-order chi connectivity index (χ1) is 10.2. The molecule has 0 radical (unpaired) electrons. The number of aromatic hydroxyl groups is 1. The fourth-order valence-corrected chi connectivity index (χ4v) is 2.19.